The molecule has 0 amide bonds. The number of sulfone groups is 1. The second-order valence-electron chi connectivity index (χ2n) is 7.19. The topological polar surface area (TPSA) is 104 Å². The van der Waals surface area contributed by atoms with Gasteiger partial charge in [0.05, 0.1) is 11.5 Å². The molecule has 29 heavy (non-hydrogen) atoms. The first kappa shape index (κ1) is 19.4. The van der Waals surface area contributed by atoms with E-state index in [2.05, 4.69) is 10.2 Å². The number of aromatic nitrogens is 3. The molecule has 3 heterocycles. The van der Waals surface area contributed by atoms with Gasteiger partial charge in [0, 0.05) is 28.6 Å². The summed E-state index contributed by atoms with van der Waals surface area (Å²) in [4.78, 5) is 12.7. The molecular formula is C20H21N3O5S. The maximum absolute atomic E-state index is 12.7. The molecule has 0 radical (unpaired) electrons. The molecule has 1 unspecified atom stereocenters. The number of carbonyl (C=O) groups excluding carboxylic acids is 1. The van der Waals surface area contributed by atoms with Gasteiger partial charge >= 0.3 is 0 Å². The summed E-state index contributed by atoms with van der Waals surface area (Å²) in [5, 5.41) is 7.48. The highest BCUT2D eigenvalue weighted by atomic mass is 32.2. The second-order valence-corrected chi connectivity index (χ2v) is 9.42. The number of carbonyl (C=O) groups is 1. The predicted molar refractivity (Wildman–Crippen MR) is 106 cm³/mol. The highest BCUT2D eigenvalue weighted by Gasteiger charge is 2.31. The Kier molecular flexibility index (Phi) is 4.99. The number of hydrogen-bond donors (Lipinski definition) is 0. The quantitative estimate of drug-likeness (QED) is 0.570. The molecule has 8 nitrogen and oxygen atoms in total. The average molecular weight is 415 g/mol. The summed E-state index contributed by atoms with van der Waals surface area (Å²) in [5.74, 6) is 1.14. The Morgan fingerprint density at radius 2 is 2.03 bits per heavy atom. The van der Waals surface area contributed by atoms with Crippen molar-refractivity contribution in [2.24, 2.45) is 0 Å². The maximum Gasteiger partial charge on any atom is 0.247 e. The zero-order valence-corrected chi connectivity index (χ0v) is 17.0. The van der Waals surface area contributed by atoms with E-state index in [1.807, 2.05) is 24.5 Å². The number of nitrogens with zero attached hydrogens (tertiary/aromatic N) is 3. The van der Waals surface area contributed by atoms with Crippen molar-refractivity contribution in [2.75, 3.05) is 18.1 Å². The van der Waals surface area contributed by atoms with Gasteiger partial charge in [-0.1, -0.05) is 0 Å². The fourth-order valence-electron chi connectivity index (χ4n) is 3.82. The maximum atomic E-state index is 12.7. The van der Waals surface area contributed by atoms with Gasteiger partial charge in [-0.3, -0.25) is 4.79 Å². The van der Waals surface area contributed by atoms with Gasteiger partial charge in [-0.05, 0) is 50.6 Å². The van der Waals surface area contributed by atoms with Crippen LogP contribution in [0, 0.1) is 13.8 Å². The van der Waals surface area contributed by atoms with Gasteiger partial charge in [0.1, 0.15) is 5.75 Å². The molecule has 0 N–H and O–H groups in total. The molecule has 0 saturated carbocycles. The SMILES string of the molecule is Cc1cc(C(=O)COc2ccc(-c3nnco3)cc2)c(C)n1C1CCS(=O)(=O)C1. The molecule has 152 valence electrons. The van der Waals surface area contributed by atoms with Crippen molar-refractivity contribution in [1.29, 1.82) is 0 Å². The Hall–Kier alpha value is -2.94. The number of aryl methyl sites for hydroxylation is 1. The van der Waals surface area contributed by atoms with E-state index in [-0.39, 0.29) is 29.9 Å². The fraction of sp³-hybridized carbons (Fsp3) is 0.350. The molecule has 1 atom stereocenters. The number of ketones is 1. The van der Waals surface area contributed by atoms with Gasteiger partial charge in [-0.2, -0.15) is 0 Å². The summed E-state index contributed by atoms with van der Waals surface area (Å²) < 4.78 is 36.4. The zero-order valence-electron chi connectivity index (χ0n) is 16.2. The lowest BCUT2D eigenvalue weighted by Gasteiger charge is -2.16. The Balaban J connectivity index is 1.44. The number of hydrogen-bond acceptors (Lipinski definition) is 7. The number of ether oxygens (including phenoxy) is 1. The molecule has 2 aromatic heterocycles. The summed E-state index contributed by atoms with van der Waals surface area (Å²) in [6.45, 7) is 3.64. The average Bonchev–Trinajstić information content (AvgIpc) is 3.40. The molecule has 1 saturated heterocycles. The lowest BCUT2D eigenvalue weighted by Crippen LogP contribution is -2.16. The number of benzene rings is 1. The minimum absolute atomic E-state index is 0.104. The first-order valence-electron chi connectivity index (χ1n) is 9.25. The van der Waals surface area contributed by atoms with E-state index in [1.165, 1.54) is 6.39 Å². The summed E-state index contributed by atoms with van der Waals surface area (Å²) in [6, 6.07) is 8.72. The molecule has 9 heteroatoms. The second kappa shape index (κ2) is 7.47. The van der Waals surface area contributed by atoms with Crippen LogP contribution in [0.4, 0.5) is 0 Å². The highest BCUT2D eigenvalue weighted by molar-refractivity contribution is 7.91. The predicted octanol–water partition coefficient (Wildman–Crippen LogP) is 2.78. The molecule has 0 spiro atoms. The van der Waals surface area contributed by atoms with E-state index in [0.717, 1.165) is 17.0 Å². The largest absolute Gasteiger partial charge is 0.485 e. The van der Waals surface area contributed by atoms with Crippen LogP contribution in [0.25, 0.3) is 11.5 Å². The van der Waals surface area contributed by atoms with Gasteiger partial charge in [-0.25, -0.2) is 8.42 Å². The number of Topliss-reactive ketones (excluding diaryl/α,β-unsaturated/α-hetero) is 1. The molecule has 0 bridgehead atoms. The normalized spacial score (nSPS) is 18.1. The first-order chi connectivity index (χ1) is 13.8. The standard InChI is InChI=1S/C20H21N3O5S/c1-13-9-18(14(2)23(13)16-7-8-29(25,26)11-16)19(24)10-27-17-5-3-15(4-6-17)20-22-21-12-28-20/h3-6,9,12,16H,7-8,10-11H2,1-2H3. The zero-order chi connectivity index (χ0) is 20.6. The van der Waals surface area contributed by atoms with E-state index in [4.69, 9.17) is 9.15 Å². The van der Waals surface area contributed by atoms with Gasteiger partial charge in [-0.15, -0.1) is 10.2 Å². The lowest BCUT2D eigenvalue weighted by molar-refractivity contribution is 0.0920. The Morgan fingerprint density at radius 3 is 2.66 bits per heavy atom. The third kappa shape index (κ3) is 3.95. The summed E-state index contributed by atoms with van der Waals surface area (Å²) >= 11 is 0. The van der Waals surface area contributed by atoms with Crippen LogP contribution in [0.2, 0.25) is 0 Å². The fourth-order valence-corrected chi connectivity index (χ4v) is 5.52. The molecular weight excluding hydrogens is 394 g/mol. The van der Waals surface area contributed by atoms with Crippen molar-refractivity contribution in [2.45, 2.75) is 26.3 Å². The summed E-state index contributed by atoms with van der Waals surface area (Å²) in [6.07, 6.45) is 1.84. The third-order valence-electron chi connectivity index (χ3n) is 5.19. The smallest absolute Gasteiger partial charge is 0.247 e. The van der Waals surface area contributed by atoms with Crippen molar-refractivity contribution in [1.82, 2.24) is 14.8 Å². The molecule has 3 aromatic rings. The van der Waals surface area contributed by atoms with Gasteiger partial charge in [0.25, 0.3) is 0 Å². The Labute approximate surface area is 168 Å². The van der Waals surface area contributed by atoms with Crippen LogP contribution in [0.3, 0.4) is 0 Å². The van der Waals surface area contributed by atoms with Gasteiger partial charge < -0.3 is 13.7 Å². The van der Waals surface area contributed by atoms with E-state index >= 15 is 0 Å². The molecule has 1 aliphatic rings. The molecule has 1 fully saturated rings. The van der Waals surface area contributed by atoms with Crippen LogP contribution in [-0.2, 0) is 9.84 Å². The van der Waals surface area contributed by atoms with Crippen molar-refractivity contribution in [3.8, 4) is 17.2 Å². The lowest BCUT2D eigenvalue weighted by atomic mass is 10.1. The minimum atomic E-state index is -3.00. The van der Waals surface area contributed by atoms with Crippen LogP contribution in [0.5, 0.6) is 5.75 Å². The van der Waals surface area contributed by atoms with E-state index < -0.39 is 9.84 Å². The van der Waals surface area contributed by atoms with Crippen LogP contribution in [-0.4, -0.2) is 47.1 Å². The first-order valence-corrected chi connectivity index (χ1v) is 11.1. The van der Waals surface area contributed by atoms with Crippen molar-refractivity contribution < 1.29 is 22.4 Å². The monoisotopic (exact) mass is 415 g/mol. The van der Waals surface area contributed by atoms with Crippen LogP contribution in [0.1, 0.15) is 34.2 Å². The summed E-state index contributed by atoms with van der Waals surface area (Å²) in [5.41, 5.74) is 2.99. The van der Waals surface area contributed by atoms with Crippen molar-refractivity contribution in [3.63, 3.8) is 0 Å². The van der Waals surface area contributed by atoms with Crippen molar-refractivity contribution >= 4 is 15.6 Å². The summed E-state index contributed by atoms with van der Waals surface area (Å²) in [7, 11) is -3.00. The number of rotatable bonds is 6. The van der Waals surface area contributed by atoms with Crippen LogP contribution < -0.4 is 4.74 Å². The third-order valence-corrected chi connectivity index (χ3v) is 6.94. The van der Waals surface area contributed by atoms with Crippen LogP contribution in [0.15, 0.2) is 41.1 Å². The highest BCUT2D eigenvalue weighted by Crippen LogP contribution is 2.29. The minimum Gasteiger partial charge on any atom is -0.485 e. The van der Waals surface area contributed by atoms with E-state index in [9.17, 15) is 13.2 Å². The van der Waals surface area contributed by atoms with Gasteiger partial charge in [0.15, 0.2) is 16.4 Å². The van der Waals surface area contributed by atoms with Gasteiger partial charge in [0.2, 0.25) is 18.1 Å². The molecule has 1 aromatic carbocycles. The van der Waals surface area contributed by atoms with Crippen LogP contribution >= 0.6 is 0 Å². The van der Waals surface area contributed by atoms with Crippen molar-refractivity contribution in [3.05, 3.63) is 53.7 Å². The van der Waals surface area contributed by atoms with E-state index in [1.54, 1.807) is 24.3 Å². The Bertz CT molecular complexity index is 1130. The molecule has 0 aliphatic carbocycles. The molecule has 1 aliphatic heterocycles. The van der Waals surface area contributed by atoms with E-state index in [0.29, 0.717) is 23.6 Å². The molecule has 4 rings (SSSR count). The Morgan fingerprint density at radius 1 is 1.28 bits per heavy atom.